The van der Waals surface area contributed by atoms with Gasteiger partial charge in [-0.25, -0.2) is 17.2 Å². The average Bonchev–Trinajstić information content (AvgIpc) is 2.96. The lowest BCUT2D eigenvalue weighted by atomic mass is 9.56. The van der Waals surface area contributed by atoms with E-state index in [0.717, 1.165) is 12.1 Å². The van der Waals surface area contributed by atoms with E-state index in [1.165, 1.54) is 33.5 Å². The van der Waals surface area contributed by atoms with E-state index >= 15 is 8.78 Å². The molecule has 2 unspecified atom stereocenters. The third-order valence-corrected chi connectivity index (χ3v) is 13.5. The summed E-state index contributed by atoms with van der Waals surface area (Å²) in [5, 5.41) is -0.744. The van der Waals surface area contributed by atoms with Gasteiger partial charge in [0.05, 0.1) is 11.8 Å². The lowest BCUT2D eigenvalue weighted by molar-refractivity contribution is -0.191. The summed E-state index contributed by atoms with van der Waals surface area (Å²) in [6.07, 6.45) is 5.94. The molecule has 1 aliphatic heterocycles. The summed E-state index contributed by atoms with van der Waals surface area (Å²) in [4.78, 5) is 16.5. The van der Waals surface area contributed by atoms with Gasteiger partial charge in [0.1, 0.15) is 23.7 Å². The van der Waals surface area contributed by atoms with Crippen LogP contribution in [0.3, 0.4) is 0 Å². The Hall–Kier alpha value is -2.77. The molecule has 0 radical (unpaired) electrons. The number of rotatable bonds is 12. The van der Waals surface area contributed by atoms with E-state index in [1.54, 1.807) is 31.2 Å². The van der Waals surface area contributed by atoms with Crippen LogP contribution < -0.4 is 5.56 Å². The highest BCUT2D eigenvalue weighted by molar-refractivity contribution is 7.89. The molecule has 2 atom stereocenters. The zero-order chi connectivity index (χ0) is 33.3. The summed E-state index contributed by atoms with van der Waals surface area (Å²) in [6, 6.07) is 11.9. The first-order valence-electron chi connectivity index (χ1n) is 15.9. The van der Waals surface area contributed by atoms with E-state index in [0.29, 0.717) is 37.9 Å². The maximum atomic E-state index is 16.2. The molecule has 5 rings (SSSR count). The Morgan fingerprint density at radius 2 is 1.78 bits per heavy atom. The van der Waals surface area contributed by atoms with Gasteiger partial charge < -0.3 is 14.0 Å². The second-order valence-corrected chi connectivity index (χ2v) is 22.1. The third-order valence-electron chi connectivity index (χ3n) is 9.42. The largest absolute Gasteiger partial charge is 0.356 e. The van der Waals surface area contributed by atoms with Gasteiger partial charge in [0.15, 0.2) is 0 Å². The van der Waals surface area contributed by atoms with E-state index in [-0.39, 0.29) is 42.6 Å². The molecular weight excluding hydrogens is 629 g/mol. The van der Waals surface area contributed by atoms with E-state index in [1.807, 2.05) is 13.0 Å². The molecule has 46 heavy (non-hydrogen) atoms. The fourth-order valence-corrected chi connectivity index (χ4v) is 9.90. The van der Waals surface area contributed by atoms with Crippen molar-refractivity contribution in [2.24, 2.45) is 0 Å². The normalized spacial score (nSPS) is 26.5. The number of aromatic nitrogens is 2. The molecule has 8 nitrogen and oxygen atoms in total. The summed E-state index contributed by atoms with van der Waals surface area (Å²) >= 11 is 0. The smallest absolute Gasteiger partial charge is 0.269 e. The van der Waals surface area contributed by atoms with Gasteiger partial charge in [-0.1, -0.05) is 50.0 Å². The van der Waals surface area contributed by atoms with E-state index < -0.39 is 46.0 Å². The predicted octanol–water partition coefficient (Wildman–Crippen LogP) is 6.40. The van der Waals surface area contributed by atoms with Gasteiger partial charge in [-0.3, -0.25) is 9.78 Å². The standard InChI is InChI=1S/C34H45F2N3O5SSi/c1-25-11-12-31(26-9-7-6-8-10-26)45(41,42)39(25)20-27-17-30(36)28(18-29(27)35)34(23-38-14-13-37-19-32(38)40)21-33(2,22-34)44-24-43-15-16-46(3,4)5/h6-10,13-14,17-19,25,31H,11-12,15-16,20-24H2,1-5H3. The Morgan fingerprint density at radius 1 is 1.07 bits per heavy atom. The molecule has 2 fully saturated rings. The molecule has 1 aromatic heterocycles. The van der Waals surface area contributed by atoms with Gasteiger partial charge >= 0.3 is 0 Å². The molecule has 1 saturated heterocycles. The minimum absolute atomic E-state index is 0.0317. The van der Waals surface area contributed by atoms with Crippen molar-refractivity contribution in [3.05, 3.63) is 99.7 Å². The Labute approximate surface area is 271 Å². The highest BCUT2D eigenvalue weighted by Crippen LogP contribution is 2.54. The SMILES string of the molecule is CC1CCC(c2ccccc2)S(=O)(=O)N1Cc1cc(F)c(C2(Cn3ccncc3=O)CC(C)(OCOCC[Si](C)(C)C)C2)cc1F. The molecular formula is C34H45F2N3O5SSi. The molecule has 2 aliphatic rings. The molecule has 250 valence electrons. The molecule has 1 saturated carbocycles. The fourth-order valence-electron chi connectivity index (χ4n) is 6.96. The minimum atomic E-state index is -3.83. The Kier molecular flexibility index (Phi) is 10.1. The van der Waals surface area contributed by atoms with Crippen molar-refractivity contribution >= 4 is 18.1 Å². The maximum absolute atomic E-state index is 16.2. The van der Waals surface area contributed by atoms with Crippen molar-refractivity contribution in [1.29, 1.82) is 0 Å². The van der Waals surface area contributed by atoms with Crippen LogP contribution in [0.5, 0.6) is 0 Å². The Bertz CT molecular complexity index is 1690. The Balaban J connectivity index is 1.39. The van der Waals surface area contributed by atoms with Crippen LogP contribution >= 0.6 is 0 Å². The molecule has 1 aliphatic carbocycles. The summed E-state index contributed by atoms with van der Waals surface area (Å²) in [7, 11) is -5.09. The topological polar surface area (TPSA) is 90.7 Å². The number of nitrogens with zero attached hydrogens (tertiary/aromatic N) is 3. The monoisotopic (exact) mass is 673 g/mol. The highest BCUT2D eigenvalue weighted by atomic mass is 32.2. The van der Waals surface area contributed by atoms with Crippen molar-refractivity contribution in [2.45, 2.75) is 101 Å². The maximum Gasteiger partial charge on any atom is 0.269 e. The van der Waals surface area contributed by atoms with Crippen LogP contribution in [0.1, 0.15) is 61.5 Å². The highest BCUT2D eigenvalue weighted by Gasteiger charge is 2.55. The van der Waals surface area contributed by atoms with Gasteiger partial charge in [0.25, 0.3) is 5.56 Å². The first-order valence-corrected chi connectivity index (χ1v) is 21.1. The predicted molar refractivity (Wildman–Crippen MR) is 177 cm³/mol. The van der Waals surface area contributed by atoms with Crippen molar-refractivity contribution in [3.63, 3.8) is 0 Å². The second-order valence-electron chi connectivity index (χ2n) is 14.4. The molecule has 0 bridgehead atoms. The van der Waals surface area contributed by atoms with Gasteiger partial charge in [0, 0.05) is 57.2 Å². The van der Waals surface area contributed by atoms with Crippen LogP contribution in [0.25, 0.3) is 0 Å². The molecule has 0 amide bonds. The molecule has 3 aromatic rings. The molecule has 0 spiro atoms. The zero-order valence-electron chi connectivity index (χ0n) is 27.3. The van der Waals surface area contributed by atoms with Crippen LogP contribution in [-0.2, 0) is 38.0 Å². The van der Waals surface area contributed by atoms with Crippen LogP contribution in [0.2, 0.25) is 25.7 Å². The molecule has 2 aromatic carbocycles. The first kappa shape index (κ1) is 34.6. The lowest BCUT2D eigenvalue weighted by Gasteiger charge is -2.54. The van der Waals surface area contributed by atoms with Crippen LogP contribution in [0.15, 0.2) is 65.8 Å². The van der Waals surface area contributed by atoms with Gasteiger partial charge in [-0.05, 0) is 68.8 Å². The first-order chi connectivity index (χ1) is 21.6. The van der Waals surface area contributed by atoms with Crippen LogP contribution in [-0.4, -0.2) is 55.4 Å². The number of hydrogen-bond donors (Lipinski definition) is 0. The molecule has 12 heteroatoms. The Morgan fingerprint density at radius 3 is 2.46 bits per heavy atom. The number of ether oxygens (including phenoxy) is 2. The van der Waals surface area contributed by atoms with Crippen LogP contribution in [0.4, 0.5) is 8.78 Å². The van der Waals surface area contributed by atoms with Gasteiger partial charge in [-0.2, -0.15) is 4.31 Å². The fraction of sp³-hybridized carbons (Fsp3) is 0.529. The van der Waals surface area contributed by atoms with Crippen molar-refractivity contribution in [1.82, 2.24) is 13.9 Å². The van der Waals surface area contributed by atoms with Crippen molar-refractivity contribution in [2.75, 3.05) is 13.4 Å². The number of sulfonamides is 1. The van der Waals surface area contributed by atoms with Gasteiger partial charge in [0.2, 0.25) is 10.0 Å². The summed E-state index contributed by atoms with van der Waals surface area (Å²) in [5.74, 6) is -1.33. The molecule has 0 N–H and O–H groups in total. The van der Waals surface area contributed by atoms with Crippen LogP contribution in [0, 0.1) is 11.6 Å². The minimum Gasteiger partial charge on any atom is -0.356 e. The summed E-state index contributed by atoms with van der Waals surface area (Å²) in [6.45, 7) is 11.0. The van der Waals surface area contributed by atoms with E-state index in [2.05, 4.69) is 24.6 Å². The number of hydrogen-bond acceptors (Lipinski definition) is 6. The number of benzene rings is 2. The van der Waals surface area contributed by atoms with Gasteiger partial charge in [-0.15, -0.1) is 0 Å². The zero-order valence-corrected chi connectivity index (χ0v) is 29.2. The third kappa shape index (κ3) is 7.51. The second kappa shape index (κ2) is 13.4. The van der Waals surface area contributed by atoms with E-state index in [9.17, 15) is 13.2 Å². The quantitative estimate of drug-likeness (QED) is 0.126. The molecule has 2 heterocycles. The van der Waals surface area contributed by atoms with E-state index in [4.69, 9.17) is 9.47 Å². The van der Waals surface area contributed by atoms with Crippen molar-refractivity contribution in [3.8, 4) is 0 Å². The summed E-state index contributed by atoms with van der Waals surface area (Å²) in [5.41, 5.74) is -1.16. The summed E-state index contributed by atoms with van der Waals surface area (Å²) < 4.78 is 74.2. The number of halogens is 2. The van der Waals surface area contributed by atoms with Crippen molar-refractivity contribution < 1.29 is 26.7 Å². The lowest BCUT2D eigenvalue weighted by Crippen LogP contribution is -2.57. The average molecular weight is 674 g/mol.